The lowest BCUT2D eigenvalue weighted by molar-refractivity contribution is -0.126. The fourth-order valence-electron chi connectivity index (χ4n) is 2.64. The van der Waals surface area contributed by atoms with Gasteiger partial charge < -0.3 is 10.6 Å². The Hall–Kier alpha value is -0.280. The summed E-state index contributed by atoms with van der Waals surface area (Å²) in [5.41, 5.74) is 0. The predicted octanol–water partition coefficient (Wildman–Crippen LogP) is 3.13. The third-order valence-corrected chi connectivity index (χ3v) is 3.80. The molecule has 0 aromatic heterocycles. The Morgan fingerprint density at radius 3 is 2.58 bits per heavy atom. The van der Waals surface area contributed by atoms with Crippen LogP contribution in [-0.2, 0) is 4.79 Å². The van der Waals surface area contributed by atoms with Crippen LogP contribution < -0.4 is 10.6 Å². The van der Waals surface area contributed by atoms with Crippen molar-refractivity contribution in [2.24, 2.45) is 11.8 Å². The summed E-state index contributed by atoms with van der Waals surface area (Å²) in [5.74, 6) is 1.24. The molecule has 1 unspecified atom stereocenters. The van der Waals surface area contributed by atoms with Gasteiger partial charge in [0.2, 0.25) is 5.91 Å². The van der Waals surface area contributed by atoms with Crippen molar-refractivity contribution in [3.63, 3.8) is 0 Å². The Morgan fingerprint density at radius 2 is 2.00 bits per heavy atom. The first kappa shape index (κ1) is 18.7. The average Bonchev–Trinajstić information content (AvgIpc) is 2.28. The topological polar surface area (TPSA) is 41.1 Å². The van der Waals surface area contributed by atoms with Crippen molar-refractivity contribution in [2.75, 3.05) is 6.54 Å². The van der Waals surface area contributed by atoms with Crippen LogP contribution in [0.5, 0.6) is 0 Å². The molecule has 0 spiro atoms. The van der Waals surface area contributed by atoms with Crippen molar-refractivity contribution in [1.29, 1.82) is 0 Å². The molecule has 1 heterocycles. The molecule has 114 valence electrons. The quantitative estimate of drug-likeness (QED) is 0.789. The number of piperidine rings is 1. The van der Waals surface area contributed by atoms with Crippen molar-refractivity contribution >= 4 is 18.3 Å². The molecule has 0 aliphatic carbocycles. The molecule has 1 aliphatic heterocycles. The van der Waals surface area contributed by atoms with Crippen molar-refractivity contribution in [1.82, 2.24) is 10.6 Å². The van der Waals surface area contributed by atoms with E-state index in [9.17, 15) is 4.79 Å². The van der Waals surface area contributed by atoms with Crippen LogP contribution in [0.25, 0.3) is 0 Å². The normalized spacial score (nSPS) is 24.7. The largest absolute Gasteiger partial charge is 0.353 e. The minimum atomic E-state index is 0. The van der Waals surface area contributed by atoms with E-state index in [1.54, 1.807) is 0 Å². The van der Waals surface area contributed by atoms with Gasteiger partial charge in [0.05, 0.1) is 0 Å². The van der Waals surface area contributed by atoms with Gasteiger partial charge >= 0.3 is 0 Å². The van der Waals surface area contributed by atoms with E-state index in [1.807, 2.05) is 0 Å². The Morgan fingerprint density at radius 1 is 1.32 bits per heavy atom. The summed E-state index contributed by atoms with van der Waals surface area (Å²) in [4.78, 5) is 12.1. The van der Waals surface area contributed by atoms with Gasteiger partial charge in [-0.05, 0) is 45.6 Å². The van der Waals surface area contributed by atoms with Crippen molar-refractivity contribution < 1.29 is 4.79 Å². The summed E-state index contributed by atoms with van der Waals surface area (Å²) < 4.78 is 0. The number of rotatable bonds is 6. The Kier molecular flexibility index (Phi) is 9.46. The second-order valence-electron chi connectivity index (χ2n) is 6.31. The second-order valence-corrected chi connectivity index (χ2v) is 6.31. The SMILES string of the molecule is CC(C)CCCC(C)NC(=O)[C@H]1CCN[C@@H](C)C1.Cl. The van der Waals surface area contributed by atoms with E-state index in [-0.39, 0.29) is 24.2 Å². The van der Waals surface area contributed by atoms with Gasteiger partial charge in [-0.15, -0.1) is 12.4 Å². The lowest BCUT2D eigenvalue weighted by Crippen LogP contribution is -2.44. The lowest BCUT2D eigenvalue weighted by atomic mass is 9.92. The summed E-state index contributed by atoms with van der Waals surface area (Å²) in [6.07, 6.45) is 5.52. The Bertz CT molecular complexity index is 259. The molecule has 0 aromatic carbocycles. The highest BCUT2D eigenvalue weighted by atomic mass is 35.5. The van der Waals surface area contributed by atoms with Gasteiger partial charge in [-0.2, -0.15) is 0 Å². The summed E-state index contributed by atoms with van der Waals surface area (Å²) in [7, 11) is 0. The summed E-state index contributed by atoms with van der Waals surface area (Å²) in [5, 5.41) is 6.56. The summed E-state index contributed by atoms with van der Waals surface area (Å²) in [6.45, 7) is 9.76. The van der Waals surface area contributed by atoms with Gasteiger partial charge in [0.15, 0.2) is 0 Å². The number of nitrogens with one attached hydrogen (secondary N) is 2. The highest BCUT2D eigenvalue weighted by molar-refractivity contribution is 5.85. The van der Waals surface area contributed by atoms with E-state index in [0.717, 1.165) is 31.7 Å². The van der Waals surface area contributed by atoms with Crippen LogP contribution in [-0.4, -0.2) is 24.5 Å². The highest BCUT2D eigenvalue weighted by Gasteiger charge is 2.25. The van der Waals surface area contributed by atoms with Crippen molar-refractivity contribution in [3.8, 4) is 0 Å². The standard InChI is InChI=1S/C15H30N2O.ClH/c1-11(2)6-5-7-12(3)17-15(18)14-8-9-16-13(4)10-14;/h11-14,16H,5-10H2,1-4H3,(H,17,18);1H/t12?,13-,14-;/m0./s1. The highest BCUT2D eigenvalue weighted by Crippen LogP contribution is 2.17. The van der Waals surface area contributed by atoms with E-state index in [1.165, 1.54) is 12.8 Å². The zero-order chi connectivity index (χ0) is 13.5. The molecule has 1 saturated heterocycles. The average molecular weight is 291 g/mol. The molecule has 2 N–H and O–H groups in total. The van der Waals surface area contributed by atoms with Crippen LogP contribution in [0.1, 0.15) is 59.8 Å². The van der Waals surface area contributed by atoms with Crippen LogP contribution in [0.3, 0.4) is 0 Å². The first-order valence-electron chi connectivity index (χ1n) is 7.52. The first-order chi connectivity index (χ1) is 8.49. The van der Waals surface area contributed by atoms with Crippen molar-refractivity contribution in [3.05, 3.63) is 0 Å². The summed E-state index contributed by atoms with van der Waals surface area (Å²) in [6, 6.07) is 0.798. The van der Waals surface area contributed by atoms with Crippen LogP contribution >= 0.6 is 12.4 Å². The number of amides is 1. The lowest BCUT2D eigenvalue weighted by Gasteiger charge is -2.28. The van der Waals surface area contributed by atoms with E-state index >= 15 is 0 Å². The summed E-state index contributed by atoms with van der Waals surface area (Å²) >= 11 is 0. The Balaban J connectivity index is 0.00000324. The molecule has 1 rings (SSSR count). The zero-order valence-corrected chi connectivity index (χ0v) is 13.7. The predicted molar refractivity (Wildman–Crippen MR) is 83.7 cm³/mol. The van der Waals surface area contributed by atoms with Crippen LogP contribution in [0, 0.1) is 11.8 Å². The first-order valence-corrected chi connectivity index (χ1v) is 7.52. The van der Waals surface area contributed by atoms with Gasteiger partial charge in [-0.3, -0.25) is 4.79 Å². The third-order valence-electron chi connectivity index (χ3n) is 3.80. The van der Waals surface area contributed by atoms with Gasteiger partial charge in [0, 0.05) is 18.0 Å². The molecule has 0 bridgehead atoms. The fraction of sp³-hybridized carbons (Fsp3) is 0.933. The van der Waals surface area contributed by atoms with Crippen LogP contribution in [0.2, 0.25) is 0 Å². The zero-order valence-electron chi connectivity index (χ0n) is 12.9. The molecular weight excluding hydrogens is 260 g/mol. The van der Waals surface area contributed by atoms with E-state index in [2.05, 4.69) is 38.3 Å². The maximum atomic E-state index is 12.1. The Labute approximate surface area is 124 Å². The molecule has 1 amide bonds. The fourth-order valence-corrected chi connectivity index (χ4v) is 2.64. The second kappa shape index (κ2) is 9.60. The molecule has 3 nitrogen and oxygen atoms in total. The number of carbonyl (C=O) groups is 1. The molecule has 1 fully saturated rings. The molecule has 3 atom stereocenters. The van der Waals surface area contributed by atoms with Gasteiger partial charge in [0.25, 0.3) is 0 Å². The maximum Gasteiger partial charge on any atom is 0.223 e. The van der Waals surface area contributed by atoms with Gasteiger partial charge in [-0.1, -0.05) is 26.7 Å². The van der Waals surface area contributed by atoms with E-state index in [0.29, 0.717) is 12.1 Å². The number of halogens is 1. The smallest absolute Gasteiger partial charge is 0.223 e. The maximum absolute atomic E-state index is 12.1. The number of carbonyl (C=O) groups excluding carboxylic acids is 1. The van der Waals surface area contributed by atoms with Gasteiger partial charge in [-0.25, -0.2) is 0 Å². The van der Waals surface area contributed by atoms with Gasteiger partial charge in [0.1, 0.15) is 0 Å². The molecule has 0 saturated carbocycles. The molecule has 19 heavy (non-hydrogen) atoms. The van der Waals surface area contributed by atoms with E-state index < -0.39 is 0 Å². The molecule has 4 heteroatoms. The number of hydrogen-bond acceptors (Lipinski definition) is 2. The van der Waals surface area contributed by atoms with Crippen LogP contribution in [0.4, 0.5) is 0 Å². The molecule has 0 radical (unpaired) electrons. The third kappa shape index (κ3) is 7.78. The number of hydrogen-bond donors (Lipinski definition) is 2. The molecular formula is C15H31ClN2O. The monoisotopic (exact) mass is 290 g/mol. The molecule has 0 aromatic rings. The minimum Gasteiger partial charge on any atom is -0.353 e. The minimum absolute atomic E-state index is 0. The van der Waals surface area contributed by atoms with E-state index in [4.69, 9.17) is 0 Å². The van der Waals surface area contributed by atoms with Crippen LogP contribution in [0.15, 0.2) is 0 Å². The van der Waals surface area contributed by atoms with Crippen molar-refractivity contribution in [2.45, 2.75) is 71.9 Å². The molecule has 1 aliphatic rings.